The molecule has 160 valence electrons. The number of ether oxygens (including phenoxy) is 1. The van der Waals surface area contributed by atoms with Gasteiger partial charge in [-0.3, -0.25) is 14.5 Å². The minimum absolute atomic E-state index is 0.133. The molecule has 1 aliphatic heterocycles. The summed E-state index contributed by atoms with van der Waals surface area (Å²) in [6.07, 6.45) is 1.56. The summed E-state index contributed by atoms with van der Waals surface area (Å²) in [7, 11) is 0. The quantitative estimate of drug-likeness (QED) is 0.264. The Bertz CT molecular complexity index is 1240. The highest BCUT2D eigenvalue weighted by Gasteiger charge is 2.35. The first kappa shape index (κ1) is 21.8. The lowest BCUT2D eigenvalue weighted by atomic mass is 10.2. The molecule has 32 heavy (non-hydrogen) atoms. The molecule has 1 saturated heterocycles. The van der Waals surface area contributed by atoms with Gasteiger partial charge in [0.05, 0.1) is 22.0 Å². The number of hydrogen-bond acceptors (Lipinski definition) is 5. The van der Waals surface area contributed by atoms with E-state index in [1.165, 1.54) is 12.1 Å². The molecule has 3 aromatic carbocycles. The zero-order valence-corrected chi connectivity index (χ0v) is 18.0. The largest absolute Gasteiger partial charge is 0.423 e. The highest BCUT2D eigenvalue weighted by atomic mass is 35.5. The normalized spacial score (nSPS) is 14.8. The molecule has 4 rings (SSSR count). The van der Waals surface area contributed by atoms with Crippen molar-refractivity contribution in [3.8, 4) is 5.75 Å². The number of hydrogen-bond donors (Lipinski definition) is 0. The Labute approximate surface area is 192 Å². The molecule has 0 bridgehead atoms. The van der Waals surface area contributed by atoms with Gasteiger partial charge >= 0.3 is 5.97 Å². The van der Waals surface area contributed by atoms with Crippen LogP contribution in [0.15, 0.2) is 77.7 Å². The van der Waals surface area contributed by atoms with E-state index in [-0.39, 0.29) is 22.6 Å². The molecule has 5 nitrogen and oxygen atoms in total. The predicted octanol–water partition coefficient (Wildman–Crippen LogP) is 5.93. The molecular formula is C24H15ClFNO4S. The molecule has 2 amide bonds. The van der Waals surface area contributed by atoms with Crippen LogP contribution < -0.4 is 4.74 Å². The van der Waals surface area contributed by atoms with Gasteiger partial charge in [-0.25, -0.2) is 9.18 Å². The van der Waals surface area contributed by atoms with E-state index in [4.69, 9.17) is 16.3 Å². The van der Waals surface area contributed by atoms with Crippen LogP contribution in [0.4, 0.5) is 9.18 Å². The van der Waals surface area contributed by atoms with Gasteiger partial charge < -0.3 is 4.74 Å². The van der Waals surface area contributed by atoms with E-state index >= 15 is 0 Å². The summed E-state index contributed by atoms with van der Waals surface area (Å²) in [6.45, 7) is -0.133. The van der Waals surface area contributed by atoms with Crippen molar-refractivity contribution in [1.29, 1.82) is 0 Å². The Kier molecular flexibility index (Phi) is 6.39. The average Bonchev–Trinajstić information content (AvgIpc) is 3.04. The second-order valence-corrected chi connectivity index (χ2v) is 8.20. The van der Waals surface area contributed by atoms with Crippen molar-refractivity contribution in [3.05, 3.63) is 105 Å². The van der Waals surface area contributed by atoms with Gasteiger partial charge in [-0.15, -0.1) is 0 Å². The van der Waals surface area contributed by atoms with Crippen LogP contribution in [0.25, 0.3) is 6.08 Å². The third kappa shape index (κ3) is 4.74. The Morgan fingerprint density at radius 1 is 1.00 bits per heavy atom. The number of rotatable bonds is 5. The van der Waals surface area contributed by atoms with E-state index in [0.29, 0.717) is 16.3 Å². The number of esters is 1. The van der Waals surface area contributed by atoms with Crippen molar-refractivity contribution in [3.63, 3.8) is 0 Å². The minimum Gasteiger partial charge on any atom is -0.423 e. The van der Waals surface area contributed by atoms with Crippen molar-refractivity contribution < 1.29 is 23.5 Å². The molecule has 1 fully saturated rings. The standard InChI is InChI=1S/C24H15ClFNO4S/c25-19-7-3-2-6-18(19)23(29)31-17-11-9-15(10-12-17)13-21-22(28)27(24(30)32-21)14-16-5-1-4-8-20(16)26/h1-13H,14H2/b21-13-. The molecule has 8 heteroatoms. The molecule has 0 unspecified atom stereocenters. The lowest BCUT2D eigenvalue weighted by Crippen LogP contribution is -2.27. The van der Waals surface area contributed by atoms with E-state index in [0.717, 1.165) is 16.7 Å². The molecule has 0 aromatic heterocycles. The summed E-state index contributed by atoms with van der Waals surface area (Å²) < 4.78 is 19.2. The second kappa shape index (κ2) is 9.38. The molecule has 0 radical (unpaired) electrons. The Morgan fingerprint density at radius 2 is 1.69 bits per heavy atom. The first-order valence-corrected chi connectivity index (χ1v) is 10.7. The summed E-state index contributed by atoms with van der Waals surface area (Å²) >= 11 is 6.80. The van der Waals surface area contributed by atoms with Gasteiger partial charge in [0.15, 0.2) is 0 Å². The van der Waals surface area contributed by atoms with Gasteiger partial charge in [-0.2, -0.15) is 0 Å². The molecule has 0 N–H and O–H groups in total. The maximum Gasteiger partial charge on any atom is 0.345 e. The highest BCUT2D eigenvalue weighted by Crippen LogP contribution is 2.33. The van der Waals surface area contributed by atoms with Gasteiger partial charge in [0.25, 0.3) is 11.1 Å². The summed E-state index contributed by atoms with van der Waals surface area (Å²) in [4.78, 5) is 38.4. The molecule has 3 aromatic rings. The van der Waals surface area contributed by atoms with Crippen LogP contribution in [0.1, 0.15) is 21.5 Å². The van der Waals surface area contributed by atoms with Crippen molar-refractivity contribution in [2.45, 2.75) is 6.54 Å². The van der Waals surface area contributed by atoms with Gasteiger partial charge in [0.1, 0.15) is 11.6 Å². The van der Waals surface area contributed by atoms with Crippen LogP contribution >= 0.6 is 23.4 Å². The third-order valence-electron chi connectivity index (χ3n) is 4.64. The Hall–Kier alpha value is -3.42. The number of halogens is 2. The van der Waals surface area contributed by atoms with Gasteiger partial charge in [-0.05, 0) is 53.7 Å². The van der Waals surface area contributed by atoms with Gasteiger partial charge in [0.2, 0.25) is 0 Å². The number of carbonyl (C=O) groups is 3. The number of amides is 2. The molecule has 0 spiro atoms. The zero-order chi connectivity index (χ0) is 22.7. The van der Waals surface area contributed by atoms with E-state index in [2.05, 4.69) is 0 Å². The molecule has 0 atom stereocenters. The molecule has 0 aliphatic carbocycles. The summed E-state index contributed by atoms with van der Waals surface area (Å²) in [5.41, 5.74) is 1.15. The van der Waals surface area contributed by atoms with Crippen molar-refractivity contribution >= 4 is 46.6 Å². The van der Waals surface area contributed by atoms with Crippen LogP contribution in [0, 0.1) is 5.82 Å². The maximum absolute atomic E-state index is 13.9. The summed E-state index contributed by atoms with van der Waals surface area (Å²) in [5, 5.41) is -0.171. The van der Waals surface area contributed by atoms with Crippen molar-refractivity contribution in [2.24, 2.45) is 0 Å². The fourth-order valence-corrected chi connectivity index (χ4v) is 4.06. The van der Waals surface area contributed by atoms with Crippen LogP contribution in [0.5, 0.6) is 5.75 Å². The first-order valence-electron chi connectivity index (χ1n) is 9.48. The van der Waals surface area contributed by atoms with Crippen LogP contribution in [-0.2, 0) is 11.3 Å². The second-order valence-electron chi connectivity index (χ2n) is 6.80. The van der Waals surface area contributed by atoms with Crippen LogP contribution in [0.3, 0.4) is 0 Å². The highest BCUT2D eigenvalue weighted by molar-refractivity contribution is 8.18. The van der Waals surface area contributed by atoms with Crippen LogP contribution in [0.2, 0.25) is 5.02 Å². The van der Waals surface area contributed by atoms with E-state index < -0.39 is 22.9 Å². The predicted molar refractivity (Wildman–Crippen MR) is 121 cm³/mol. The Morgan fingerprint density at radius 3 is 2.41 bits per heavy atom. The van der Waals surface area contributed by atoms with E-state index in [9.17, 15) is 18.8 Å². The number of nitrogens with zero attached hydrogens (tertiary/aromatic N) is 1. The number of thioether (sulfide) groups is 1. The summed E-state index contributed by atoms with van der Waals surface area (Å²) in [5.74, 6) is -1.24. The lowest BCUT2D eigenvalue weighted by Gasteiger charge is -2.12. The zero-order valence-electron chi connectivity index (χ0n) is 16.5. The van der Waals surface area contributed by atoms with Gasteiger partial charge in [0, 0.05) is 5.56 Å². The number of imide groups is 1. The smallest absolute Gasteiger partial charge is 0.345 e. The molecule has 1 aliphatic rings. The fourth-order valence-electron chi connectivity index (χ4n) is 3.01. The topological polar surface area (TPSA) is 63.7 Å². The van der Waals surface area contributed by atoms with Crippen LogP contribution in [-0.4, -0.2) is 22.0 Å². The molecule has 0 saturated carbocycles. The van der Waals surface area contributed by atoms with Gasteiger partial charge in [-0.1, -0.05) is 54.1 Å². The maximum atomic E-state index is 13.9. The summed E-state index contributed by atoms with van der Waals surface area (Å²) in [6, 6.07) is 19.0. The number of carbonyl (C=O) groups excluding carboxylic acids is 3. The SMILES string of the molecule is O=C(Oc1ccc(/C=C2\SC(=O)N(Cc3ccccc3F)C2=O)cc1)c1ccccc1Cl. The Balaban J connectivity index is 1.45. The molecular weight excluding hydrogens is 453 g/mol. The van der Waals surface area contributed by atoms with E-state index in [1.54, 1.807) is 66.7 Å². The minimum atomic E-state index is -0.586. The monoisotopic (exact) mass is 467 g/mol. The van der Waals surface area contributed by atoms with Crippen molar-refractivity contribution in [2.75, 3.05) is 0 Å². The fraction of sp³-hybridized carbons (Fsp3) is 0.0417. The van der Waals surface area contributed by atoms with Crippen molar-refractivity contribution in [1.82, 2.24) is 4.90 Å². The number of benzene rings is 3. The first-order chi connectivity index (χ1) is 15.4. The average molecular weight is 468 g/mol. The third-order valence-corrected chi connectivity index (χ3v) is 5.88. The lowest BCUT2D eigenvalue weighted by molar-refractivity contribution is -0.123. The van der Waals surface area contributed by atoms with E-state index in [1.807, 2.05) is 0 Å². The molecule has 1 heterocycles.